The molecule has 0 aromatic heterocycles. The van der Waals surface area contributed by atoms with Crippen LogP contribution >= 0.6 is 0 Å². The summed E-state index contributed by atoms with van der Waals surface area (Å²) in [5.41, 5.74) is 1.82. The van der Waals surface area contributed by atoms with Crippen LogP contribution in [0.4, 0.5) is 5.69 Å². The summed E-state index contributed by atoms with van der Waals surface area (Å²) in [5, 5.41) is 20.0. The van der Waals surface area contributed by atoms with Crippen molar-refractivity contribution in [1.29, 1.82) is 0 Å². The van der Waals surface area contributed by atoms with Crippen molar-refractivity contribution in [3.63, 3.8) is 0 Å². The summed E-state index contributed by atoms with van der Waals surface area (Å²) >= 11 is 0. The predicted octanol–water partition coefficient (Wildman–Crippen LogP) is 1.10. The average molecular weight is 266 g/mol. The minimum Gasteiger partial charge on any atom is -0.394 e. The number of nitro groups is 1. The molecular formula is C13H18N2O4. The minimum absolute atomic E-state index is 0.00438. The Balaban J connectivity index is 2.10. The molecule has 0 radical (unpaired) electrons. The normalized spacial score (nSPS) is 20.4. The standard InChI is InChI=1S/C13H18N2O4/c1-10-11(3-2-4-13(10)15(17)18)7-14-5-6-19-12(8-14)9-16/h2-4,12,16H,5-9H2,1H3. The van der Waals surface area contributed by atoms with E-state index in [0.717, 1.165) is 12.1 Å². The molecule has 2 rings (SSSR count). The van der Waals surface area contributed by atoms with Crippen molar-refractivity contribution in [1.82, 2.24) is 4.90 Å². The Morgan fingerprint density at radius 3 is 3.05 bits per heavy atom. The molecule has 6 heteroatoms. The fourth-order valence-corrected chi connectivity index (χ4v) is 2.31. The lowest BCUT2D eigenvalue weighted by Gasteiger charge is -2.32. The second-order valence-electron chi connectivity index (χ2n) is 4.73. The molecule has 1 fully saturated rings. The van der Waals surface area contributed by atoms with E-state index in [1.165, 1.54) is 6.07 Å². The van der Waals surface area contributed by atoms with Gasteiger partial charge in [0.1, 0.15) is 0 Å². The Kier molecular flexibility index (Phi) is 4.47. The smallest absolute Gasteiger partial charge is 0.272 e. The van der Waals surface area contributed by atoms with E-state index in [0.29, 0.717) is 25.3 Å². The Hall–Kier alpha value is -1.50. The monoisotopic (exact) mass is 266 g/mol. The van der Waals surface area contributed by atoms with Gasteiger partial charge in [-0.1, -0.05) is 12.1 Å². The molecule has 0 aliphatic carbocycles. The summed E-state index contributed by atoms with van der Waals surface area (Å²) < 4.78 is 5.39. The van der Waals surface area contributed by atoms with Crippen molar-refractivity contribution in [3.05, 3.63) is 39.4 Å². The number of morpholine rings is 1. The van der Waals surface area contributed by atoms with Gasteiger partial charge in [0.15, 0.2) is 0 Å². The second-order valence-corrected chi connectivity index (χ2v) is 4.73. The number of hydrogen-bond donors (Lipinski definition) is 1. The van der Waals surface area contributed by atoms with E-state index in [1.807, 2.05) is 6.07 Å². The third-order valence-electron chi connectivity index (χ3n) is 3.43. The molecule has 1 aliphatic rings. The van der Waals surface area contributed by atoms with Crippen molar-refractivity contribution >= 4 is 5.69 Å². The van der Waals surface area contributed by atoms with Crippen LogP contribution in [0, 0.1) is 17.0 Å². The van der Waals surface area contributed by atoms with E-state index in [1.54, 1.807) is 13.0 Å². The topological polar surface area (TPSA) is 75.8 Å². The summed E-state index contributed by atoms with van der Waals surface area (Å²) in [4.78, 5) is 12.7. The lowest BCUT2D eigenvalue weighted by atomic mass is 10.1. The van der Waals surface area contributed by atoms with Crippen molar-refractivity contribution in [3.8, 4) is 0 Å². The molecule has 0 amide bonds. The molecule has 19 heavy (non-hydrogen) atoms. The van der Waals surface area contributed by atoms with Gasteiger partial charge >= 0.3 is 0 Å². The highest BCUT2D eigenvalue weighted by atomic mass is 16.6. The molecule has 0 spiro atoms. The van der Waals surface area contributed by atoms with Crippen LogP contribution in [0.5, 0.6) is 0 Å². The first-order valence-electron chi connectivity index (χ1n) is 6.29. The van der Waals surface area contributed by atoms with Gasteiger partial charge in [-0.3, -0.25) is 15.0 Å². The summed E-state index contributed by atoms with van der Waals surface area (Å²) in [6.45, 7) is 4.44. The highest BCUT2D eigenvalue weighted by Crippen LogP contribution is 2.22. The van der Waals surface area contributed by atoms with E-state index in [-0.39, 0.29) is 23.3 Å². The number of nitro benzene ring substituents is 1. The molecule has 1 aromatic rings. The average Bonchev–Trinajstić information content (AvgIpc) is 2.41. The second kappa shape index (κ2) is 6.10. The number of nitrogens with zero attached hydrogens (tertiary/aromatic N) is 2. The fourth-order valence-electron chi connectivity index (χ4n) is 2.31. The lowest BCUT2D eigenvalue weighted by molar-refractivity contribution is -0.385. The van der Waals surface area contributed by atoms with Gasteiger partial charge in [-0.2, -0.15) is 0 Å². The Labute approximate surface area is 111 Å². The van der Waals surface area contributed by atoms with Crippen LogP contribution in [0.1, 0.15) is 11.1 Å². The first kappa shape index (κ1) is 13.9. The maximum absolute atomic E-state index is 10.9. The molecule has 104 valence electrons. The van der Waals surface area contributed by atoms with Gasteiger partial charge in [0.2, 0.25) is 0 Å². The number of ether oxygens (including phenoxy) is 1. The van der Waals surface area contributed by atoms with Gasteiger partial charge in [-0.25, -0.2) is 0 Å². The van der Waals surface area contributed by atoms with Crippen molar-refractivity contribution < 1.29 is 14.8 Å². The van der Waals surface area contributed by atoms with Crippen molar-refractivity contribution in [2.24, 2.45) is 0 Å². The third kappa shape index (κ3) is 3.28. The van der Waals surface area contributed by atoms with E-state index < -0.39 is 0 Å². The van der Waals surface area contributed by atoms with E-state index >= 15 is 0 Å². The zero-order valence-corrected chi connectivity index (χ0v) is 10.9. The maximum Gasteiger partial charge on any atom is 0.272 e. The van der Waals surface area contributed by atoms with Crippen molar-refractivity contribution in [2.45, 2.75) is 19.6 Å². The summed E-state index contributed by atoms with van der Waals surface area (Å²) in [7, 11) is 0. The van der Waals surface area contributed by atoms with E-state index in [4.69, 9.17) is 9.84 Å². The van der Waals surface area contributed by atoms with Gasteiger partial charge in [0.05, 0.1) is 24.2 Å². The number of rotatable bonds is 4. The zero-order valence-electron chi connectivity index (χ0n) is 10.9. The zero-order chi connectivity index (χ0) is 13.8. The lowest BCUT2D eigenvalue weighted by Crippen LogP contribution is -2.43. The maximum atomic E-state index is 10.9. The van der Waals surface area contributed by atoms with Crippen LogP contribution in [-0.2, 0) is 11.3 Å². The van der Waals surface area contributed by atoms with Crippen LogP contribution in [0.25, 0.3) is 0 Å². The van der Waals surface area contributed by atoms with Crippen LogP contribution in [0.2, 0.25) is 0 Å². The highest BCUT2D eigenvalue weighted by Gasteiger charge is 2.21. The molecule has 1 unspecified atom stereocenters. The molecule has 1 aromatic carbocycles. The van der Waals surface area contributed by atoms with Crippen LogP contribution in [0.3, 0.4) is 0 Å². The molecular weight excluding hydrogens is 248 g/mol. The molecule has 1 aliphatic heterocycles. The molecule has 1 atom stereocenters. The molecule has 1 heterocycles. The van der Waals surface area contributed by atoms with Crippen LogP contribution in [0.15, 0.2) is 18.2 Å². The number of hydrogen-bond acceptors (Lipinski definition) is 5. The predicted molar refractivity (Wildman–Crippen MR) is 69.9 cm³/mol. The van der Waals surface area contributed by atoms with Crippen LogP contribution in [-0.4, -0.2) is 47.3 Å². The fraction of sp³-hybridized carbons (Fsp3) is 0.538. The van der Waals surface area contributed by atoms with E-state index in [9.17, 15) is 10.1 Å². The largest absolute Gasteiger partial charge is 0.394 e. The number of benzene rings is 1. The third-order valence-corrected chi connectivity index (χ3v) is 3.43. The molecule has 0 bridgehead atoms. The van der Waals surface area contributed by atoms with Gasteiger partial charge in [-0.05, 0) is 12.5 Å². The number of aliphatic hydroxyl groups is 1. The molecule has 1 N–H and O–H groups in total. The van der Waals surface area contributed by atoms with E-state index in [2.05, 4.69) is 4.90 Å². The first-order valence-corrected chi connectivity index (χ1v) is 6.29. The van der Waals surface area contributed by atoms with Crippen molar-refractivity contribution in [2.75, 3.05) is 26.3 Å². The van der Waals surface area contributed by atoms with Gasteiger partial charge in [-0.15, -0.1) is 0 Å². The molecule has 6 nitrogen and oxygen atoms in total. The highest BCUT2D eigenvalue weighted by molar-refractivity contribution is 5.44. The SMILES string of the molecule is Cc1c(CN2CCOC(CO)C2)cccc1[N+](=O)[O-]. The molecule has 0 saturated carbocycles. The van der Waals surface area contributed by atoms with Gasteiger partial charge in [0.25, 0.3) is 5.69 Å². The Bertz CT molecular complexity index is 464. The Morgan fingerprint density at radius 1 is 1.58 bits per heavy atom. The minimum atomic E-state index is -0.353. The first-order chi connectivity index (χ1) is 9.11. The van der Waals surface area contributed by atoms with Gasteiger partial charge < -0.3 is 9.84 Å². The van der Waals surface area contributed by atoms with Crippen LogP contribution < -0.4 is 0 Å². The quantitative estimate of drug-likeness (QED) is 0.652. The van der Waals surface area contributed by atoms with Gasteiger partial charge in [0, 0.05) is 31.3 Å². The Morgan fingerprint density at radius 2 is 2.37 bits per heavy atom. The summed E-state index contributed by atoms with van der Waals surface area (Å²) in [6, 6.07) is 5.14. The molecule has 1 saturated heterocycles. The number of aliphatic hydroxyl groups excluding tert-OH is 1. The summed E-state index contributed by atoms with van der Waals surface area (Å²) in [6.07, 6.45) is -0.159. The summed E-state index contributed by atoms with van der Waals surface area (Å²) in [5.74, 6) is 0.